The number of ether oxygens (including phenoxy) is 2. The molecule has 3 rings (SSSR count). The Labute approximate surface area is 149 Å². The number of hydrogen-bond acceptors (Lipinski definition) is 4. The summed E-state index contributed by atoms with van der Waals surface area (Å²) in [7, 11) is 0. The highest BCUT2D eigenvalue weighted by Crippen LogP contribution is 2.49. The lowest BCUT2D eigenvalue weighted by Crippen LogP contribution is -2.41. The number of nitrogens with two attached hydrogens (primary N) is 1. The molecule has 134 valence electrons. The van der Waals surface area contributed by atoms with Crippen molar-refractivity contribution in [3.63, 3.8) is 0 Å². The van der Waals surface area contributed by atoms with Crippen LogP contribution in [-0.2, 0) is 4.79 Å². The third-order valence-electron chi connectivity index (χ3n) is 4.66. The number of halogens is 1. The molecule has 3 atom stereocenters. The second kappa shape index (κ2) is 8.58. The zero-order valence-corrected chi connectivity index (χ0v) is 14.9. The fraction of sp³-hybridized carbons (Fsp3) is 0.611. The summed E-state index contributed by atoms with van der Waals surface area (Å²) in [5, 5.41) is 3.11. The van der Waals surface area contributed by atoms with Crippen molar-refractivity contribution in [2.24, 2.45) is 11.7 Å². The van der Waals surface area contributed by atoms with Gasteiger partial charge in [-0.3, -0.25) is 4.79 Å². The fourth-order valence-electron chi connectivity index (χ4n) is 3.15. The largest absolute Gasteiger partial charge is 0.486 e. The molecule has 0 saturated heterocycles. The first kappa shape index (κ1) is 18.9. The van der Waals surface area contributed by atoms with Gasteiger partial charge in [0, 0.05) is 18.5 Å². The van der Waals surface area contributed by atoms with E-state index in [-0.39, 0.29) is 36.2 Å². The number of carbonyl (C=O) groups excluding carboxylic acids is 1. The van der Waals surface area contributed by atoms with E-state index in [4.69, 9.17) is 15.2 Å². The zero-order chi connectivity index (χ0) is 16.2. The smallest absolute Gasteiger partial charge is 0.224 e. The molecule has 0 spiro atoms. The highest BCUT2D eigenvalue weighted by molar-refractivity contribution is 5.85. The monoisotopic (exact) mass is 354 g/mol. The summed E-state index contributed by atoms with van der Waals surface area (Å²) in [5.74, 6) is 2.08. The minimum atomic E-state index is 0. The van der Waals surface area contributed by atoms with Crippen molar-refractivity contribution < 1.29 is 14.3 Å². The molecular formula is C18H27ClN2O3. The molecule has 1 saturated carbocycles. The standard InChI is InChI=1S/C18H26N2O3.ClH/c1-2-3-4-13(11-19)20-18(21)15-10-14(15)12-5-6-16-17(9-12)23-8-7-22-16;/h5-6,9,13-15H,2-4,7-8,10-11,19H2,1H3,(H,20,21);1H. The summed E-state index contributed by atoms with van der Waals surface area (Å²) >= 11 is 0. The molecule has 0 bridgehead atoms. The van der Waals surface area contributed by atoms with Crippen molar-refractivity contribution in [3.05, 3.63) is 23.8 Å². The van der Waals surface area contributed by atoms with E-state index in [1.807, 2.05) is 18.2 Å². The first-order valence-electron chi connectivity index (χ1n) is 8.63. The summed E-state index contributed by atoms with van der Waals surface area (Å²) < 4.78 is 11.2. The van der Waals surface area contributed by atoms with E-state index >= 15 is 0 Å². The molecule has 1 amide bonds. The maximum Gasteiger partial charge on any atom is 0.224 e. The number of benzene rings is 1. The number of fused-ring (bicyclic) bond motifs is 1. The average molecular weight is 355 g/mol. The van der Waals surface area contributed by atoms with Gasteiger partial charge in [-0.15, -0.1) is 12.4 Å². The van der Waals surface area contributed by atoms with Crippen molar-refractivity contribution in [2.45, 2.75) is 44.6 Å². The molecule has 0 radical (unpaired) electrons. The first-order valence-corrected chi connectivity index (χ1v) is 8.63. The fourth-order valence-corrected chi connectivity index (χ4v) is 3.15. The molecule has 24 heavy (non-hydrogen) atoms. The third kappa shape index (κ3) is 4.33. The number of carbonyl (C=O) groups is 1. The van der Waals surface area contributed by atoms with Crippen LogP contribution in [0.4, 0.5) is 0 Å². The number of rotatable bonds is 7. The van der Waals surface area contributed by atoms with E-state index in [0.717, 1.165) is 42.7 Å². The number of nitrogens with one attached hydrogen (secondary N) is 1. The Hall–Kier alpha value is -1.46. The van der Waals surface area contributed by atoms with Crippen LogP contribution >= 0.6 is 12.4 Å². The minimum absolute atomic E-state index is 0. The maximum absolute atomic E-state index is 12.4. The second-order valence-electron chi connectivity index (χ2n) is 6.44. The van der Waals surface area contributed by atoms with Gasteiger partial charge in [0.2, 0.25) is 5.91 Å². The quantitative estimate of drug-likeness (QED) is 0.789. The normalized spacial score (nSPS) is 22.2. The Kier molecular flexibility index (Phi) is 6.75. The van der Waals surface area contributed by atoms with Crippen LogP contribution in [0, 0.1) is 5.92 Å². The summed E-state index contributed by atoms with van der Waals surface area (Å²) in [6, 6.07) is 6.11. The molecule has 3 N–H and O–H groups in total. The van der Waals surface area contributed by atoms with Crippen LogP contribution in [0.5, 0.6) is 11.5 Å². The molecule has 6 heteroatoms. The van der Waals surface area contributed by atoms with Gasteiger partial charge in [-0.05, 0) is 36.5 Å². The van der Waals surface area contributed by atoms with Crippen LogP contribution in [0.15, 0.2) is 18.2 Å². The Morgan fingerprint density at radius 2 is 2.08 bits per heavy atom. The Bertz CT molecular complexity index is 567. The van der Waals surface area contributed by atoms with Crippen LogP contribution in [-0.4, -0.2) is 31.7 Å². The number of unbranched alkanes of at least 4 members (excludes halogenated alkanes) is 1. The highest BCUT2D eigenvalue weighted by Gasteiger charge is 2.44. The molecule has 1 aliphatic carbocycles. The van der Waals surface area contributed by atoms with Gasteiger partial charge in [0.1, 0.15) is 13.2 Å². The van der Waals surface area contributed by atoms with Gasteiger partial charge in [0.15, 0.2) is 11.5 Å². The van der Waals surface area contributed by atoms with Crippen molar-refractivity contribution in [3.8, 4) is 11.5 Å². The summed E-state index contributed by atoms with van der Waals surface area (Å²) in [5.41, 5.74) is 6.92. The van der Waals surface area contributed by atoms with Gasteiger partial charge in [0.05, 0.1) is 0 Å². The van der Waals surface area contributed by atoms with Crippen LogP contribution in [0.1, 0.15) is 44.1 Å². The summed E-state index contributed by atoms with van der Waals surface area (Å²) in [6.45, 7) is 3.83. The van der Waals surface area contributed by atoms with Gasteiger partial charge in [-0.2, -0.15) is 0 Å². The molecule has 1 fully saturated rings. The van der Waals surface area contributed by atoms with Gasteiger partial charge in [0.25, 0.3) is 0 Å². The van der Waals surface area contributed by atoms with Crippen molar-refractivity contribution >= 4 is 18.3 Å². The van der Waals surface area contributed by atoms with E-state index in [1.54, 1.807) is 0 Å². The first-order chi connectivity index (χ1) is 11.2. The summed E-state index contributed by atoms with van der Waals surface area (Å²) in [4.78, 5) is 12.4. The lowest BCUT2D eigenvalue weighted by Gasteiger charge is -2.19. The molecule has 2 aliphatic rings. The predicted octanol–water partition coefficient (Wildman–Crippen LogP) is 2.62. The Balaban J connectivity index is 0.00000208. The molecule has 3 unspecified atom stereocenters. The van der Waals surface area contributed by atoms with Crippen LogP contribution in [0.2, 0.25) is 0 Å². The zero-order valence-electron chi connectivity index (χ0n) is 14.1. The van der Waals surface area contributed by atoms with E-state index in [1.165, 1.54) is 0 Å². The van der Waals surface area contributed by atoms with E-state index < -0.39 is 0 Å². The van der Waals surface area contributed by atoms with Crippen molar-refractivity contribution in [1.29, 1.82) is 0 Å². The van der Waals surface area contributed by atoms with Gasteiger partial charge < -0.3 is 20.5 Å². The second-order valence-corrected chi connectivity index (χ2v) is 6.44. The van der Waals surface area contributed by atoms with Gasteiger partial charge in [-0.1, -0.05) is 25.8 Å². The SMILES string of the molecule is CCCCC(CN)NC(=O)C1CC1c1ccc2c(c1)OCCO2.Cl. The molecule has 1 aromatic carbocycles. The van der Waals surface area contributed by atoms with Crippen molar-refractivity contribution in [1.82, 2.24) is 5.32 Å². The number of amides is 1. The molecule has 1 aromatic rings. The molecule has 1 aliphatic heterocycles. The van der Waals surface area contributed by atoms with E-state index in [9.17, 15) is 4.79 Å². The lowest BCUT2D eigenvalue weighted by atomic mass is 10.1. The minimum Gasteiger partial charge on any atom is -0.486 e. The number of hydrogen-bond donors (Lipinski definition) is 2. The Morgan fingerprint density at radius 3 is 2.79 bits per heavy atom. The average Bonchev–Trinajstić information content (AvgIpc) is 3.39. The molecule has 1 heterocycles. The molecule has 0 aromatic heterocycles. The highest BCUT2D eigenvalue weighted by atomic mass is 35.5. The van der Waals surface area contributed by atoms with E-state index in [2.05, 4.69) is 12.2 Å². The maximum atomic E-state index is 12.4. The van der Waals surface area contributed by atoms with Gasteiger partial charge in [-0.25, -0.2) is 0 Å². The van der Waals surface area contributed by atoms with Crippen LogP contribution in [0.25, 0.3) is 0 Å². The van der Waals surface area contributed by atoms with Crippen molar-refractivity contribution in [2.75, 3.05) is 19.8 Å². The van der Waals surface area contributed by atoms with Crippen LogP contribution in [0.3, 0.4) is 0 Å². The predicted molar refractivity (Wildman–Crippen MR) is 96.0 cm³/mol. The lowest BCUT2D eigenvalue weighted by molar-refractivity contribution is -0.123. The summed E-state index contributed by atoms with van der Waals surface area (Å²) in [6.07, 6.45) is 4.07. The van der Waals surface area contributed by atoms with Gasteiger partial charge >= 0.3 is 0 Å². The Morgan fingerprint density at radius 1 is 1.33 bits per heavy atom. The topological polar surface area (TPSA) is 73.6 Å². The molecular weight excluding hydrogens is 328 g/mol. The van der Waals surface area contributed by atoms with Crippen LogP contribution < -0.4 is 20.5 Å². The van der Waals surface area contributed by atoms with E-state index in [0.29, 0.717) is 19.8 Å². The third-order valence-corrected chi connectivity index (χ3v) is 4.66. The molecule has 5 nitrogen and oxygen atoms in total.